The zero-order valence-electron chi connectivity index (χ0n) is 11.1. The van der Waals surface area contributed by atoms with Crippen LogP contribution in [-0.4, -0.2) is 0 Å². The molecule has 3 atom stereocenters. The van der Waals surface area contributed by atoms with E-state index in [9.17, 15) is 0 Å². The van der Waals surface area contributed by atoms with Crippen molar-refractivity contribution in [3.05, 3.63) is 0 Å². The summed E-state index contributed by atoms with van der Waals surface area (Å²) in [4.78, 5) is 0. The molecule has 3 aliphatic carbocycles. The molecule has 0 saturated heterocycles. The molecule has 0 nitrogen and oxygen atoms in total. The van der Waals surface area contributed by atoms with Crippen LogP contribution in [-0.2, 0) is 0 Å². The van der Waals surface area contributed by atoms with Crippen LogP contribution in [0.25, 0.3) is 0 Å². The van der Waals surface area contributed by atoms with Crippen LogP contribution in [0.5, 0.6) is 0 Å². The van der Waals surface area contributed by atoms with Gasteiger partial charge in [0.25, 0.3) is 0 Å². The van der Waals surface area contributed by atoms with E-state index in [0.717, 1.165) is 23.7 Å². The Morgan fingerprint density at radius 1 is 1.13 bits per heavy atom. The first-order valence-corrected chi connectivity index (χ1v) is 7.09. The molecule has 0 amide bonds. The van der Waals surface area contributed by atoms with Crippen molar-refractivity contribution in [2.24, 2.45) is 29.1 Å². The van der Waals surface area contributed by atoms with Crippen LogP contribution < -0.4 is 0 Å². The first-order chi connectivity index (χ1) is 7.09. The van der Waals surface area contributed by atoms with E-state index in [-0.39, 0.29) is 0 Å². The highest BCUT2D eigenvalue weighted by molar-refractivity contribution is 5.03. The van der Waals surface area contributed by atoms with E-state index >= 15 is 0 Å². The third-order valence-corrected chi connectivity index (χ3v) is 5.79. The van der Waals surface area contributed by atoms with Gasteiger partial charge in [0.1, 0.15) is 0 Å². The summed E-state index contributed by atoms with van der Waals surface area (Å²) in [6.07, 6.45) is 8.92. The zero-order valence-corrected chi connectivity index (χ0v) is 11.1. The monoisotopic (exact) mass is 208 g/mol. The zero-order chi connectivity index (χ0) is 11.1. The number of hydrogen-bond acceptors (Lipinski definition) is 0. The van der Waals surface area contributed by atoms with Gasteiger partial charge in [0.15, 0.2) is 0 Å². The van der Waals surface area contributed by atoms with E-state index in [4.69, 9.17) is 0 Å². The molecule has 0 aliphatic heterocycles. The van der Waals surface area contributed by atoms with E-state index in [1.165, 1.54) is 32.1 Å². The van der Waals surface area contributed by atoms with Gasteiger partial charge in [0.2, 0.25) is 0 Å². The van der Waals surface area contributed by atoms with Gasteiger partial charge in [0, 0.05) is 0 Å². The maximum absolute atomic E-state index is 2.52. The average molecular weight is 208 g/mol. The normalized spacial score (nSPS) is 37.8. The van der Waals surface area contributed by atoms with Crippen LogP contribution >= 0.6 is 0 Å². The van der Waals surface area contributed by atoms with Gasteiger partial charge in [-0.3, -0.25) is 0 Å². The summed E-state index contributed by atoms with van der Waals surface area (Å²) in [5, 5.41) is 0. The molecule has 3 rings (SSSR count). The smallest absolute Gasteiger partial charge is 0.0295 e. The topological polar surface area (TPSA) is 0 Å². The molecule has 0 N–H and O–H groups in total. The Hall–Kier alpha value is 0. The SMILES string of the molecule is CCC(CC)CC1CC[C@H]2C[C@@H]1C2(C)C. The van der Waals surface area contributed by atoms with E-state index in [2.05, 4.69) is 27.7 Å². The Labute approximate surface area is 95.8 Å². The van der Waals surface area contributed by atoms with Crippen molar-refractivity contribution < 1.29 is 0 Å². The van der Waals surface area contributed by atoms with Gasteiger partial charge in [-0.05, 0) is 54.8 Å². The third kappa shape index (κ3) is 1.85. The minimum atomic E-state index is 0.689. The third-order valence-electron chi connectivity index (χ3n) is 5.79. The predicted octanol–water partition coefficient (Wildman–Crippen LogP) is 4.89. The van der Waals surface area contributed by atoms with Gasteiger partial charge in [-0.25, -0.2) is 0 Å². The molecule has 0 spiro atoms. The lowest BCUT2D eigenvalue weighted by Crippen LogP contribution is -2.52. The van der Waals surface area contributed by atoms with Crippen molar-refractivity contribution in [1.82, 2.24) is 0 Å². The molecule has 0 aromatic rings. The fraction of sp³-hybridized carbons (Fsp3) is 1.00. The van der Waals surface area contributed by atoms with E-state index in [1.807, 2.05) is 0 Å². The van der Waals surface area contributed by atoms with Gasteiger partial charge < -0.3 is 0 Å². The second-order valence-electron chi connectivity index (χ2n) is 6.62. The van der Waals surface area contributed by atoms with Crippen LogP contribution in [0, 0.1) is 29.1 Å². The van der Waals surface area contributed by atoms with Gasteiger partial charge in [-0.15, -0.1) is 0 Å². The Morgan fingerprint density at radius 3 is 2.27 bits per heavy atom. The lowest BCUT2D eigenvalue weighted by Gasteiger charge is -2.60. The summed E-state index contributed by atoms with van der Waals surface area (Å²) >= 11 is 0. The van der Waals surface area contributed by atoms with Crippen molar-refractivity contribution in [1.29, 1.82) is 0 Å². The first kappa shape index (κ1) is 11.5. The molecule has 88 valence electrons. The minimum Gasteiger partial charge on any atom is -0.0651 e. The average Bonchev–Trinajstić information content (AvgIpc) is 2.25. The second kappa shape index (κ2) is 4.11. The van der Waals surface area contributed by atoms with Crippen LogP contribution in [0.1, 0.15) is 66.2 Å². The van der Waals surface area contributed by atoms with Crippen molar-refractivity contribution in [3.63, 3.8) is 0 Å². The molecule has 0 aromatic heterocycles. The molecule has 3 saturated carbocycles. The highest BCUT2D eigenvalue weighted by atomic mass is 14.6. The Bertz CT molecular complexity index is 210. The molecule has 2 bridgehead atoms. The van der Waals surface area contributed by atoms with Crippen LogP contribution in [0.2, 0.25) is 0 Å². The molecule has 0 radical (unpaired) electrons. The van der Waals surface area contributed by atoms with E-state index in [0.29, 0.717) is 5.41 Å². The predicted molar refractivity (Wildman–Crippen MR) is 66.8 cm³/mol. The highest BCUT2D eigenvalue weighted by Gasteiger charge is 2.53. The van der Waals surface area contributed by atoms with E-state index in [1.54, 1.807) is 6.42 Å². The summed E-state index contributed by atoms with van der Waals surface area (Å²) in [6.45, 7) is 9.77. The minimum absolute atomic E-state index is 0.689. The van der Waals surface area contributed by atoms with Gasteiger partial charge in [-0.2, -0.15) is 0 Å². The molecule has 0 heteroatoms. The number of rotatable bonds is 4. The van der Waals surface area contributed by atoms with Crippen molar-refractivity contribution in [2.45, 2.75) is 66.2 Å². The Kier molecular flexibility index (Phi) is 3.14. The molecule has 0 aromatic carbocycles. The van der Waals surface area contributed by atoms with Crippen molar-refractivity contribution >= 4 is 0 Å². The molecular weight excluding hydrogens is 180 g/mol. The fourth-order valence-electron chi connectivity index (χ4n) is 4.29. The summed E-state index contributed by atoms with van der Waals surface area (Å²) in [5.74, 6) is 4.20. The maximum Gasteiger partial charge on any atom is -0.0295 e. The summed E-state index contributed by atoms with van der Waals surface area (Å²) in [7, 11) is 0. The second-order valence-corrected chi connectivity index (χ2v) is 6.62. The largest absolute Gasteiger partial charge is 0.0651 e. The fourth-order valence-corrected chi connectivity index (χ4v) is 4.29. The molecular formula is C15H28. The molecule has 3 fully saturated rings. The standard InChI is InChI=1S/C15H28/c1-5-11(6-2)9-12-7-8-13-10-14(12)15(13,3)4/h11-14H,5-10H2,1-4H3/t12?,13-,14-/m0/s1. The van der Waals surface area contributed by atoms with Crippen LogP contribution in [0.15, 0.2) is 0 Å². The molecule has 3 aliphatic rings. The maximum atomic E-state index is 2.52. The van der Waals surface area contributed by atoms with Crippen LogP contribution in [0.3, 0.4) is 0 Å². The van der Waals surface area contributed by atoms with Gasteiger partial charge >= 0.3 is 0 Å². The van der Waals surface area contributed by atoms with Crippen molar-refractivity contribution in [3.8, 4) is 0 Å². The molecule has 15 heavy (non-hydrogen) atoms. The number of fused-ring (bicyclic) bond motifs is 2. The van der Waals surface area contributed by atoms with Gasteiger partial charge in [-0.1, -0.05) is 40.5 Å². The lowest BCUT2D eigenvalue weighted by atomic mass is 9.45. The number of hydrogen-bond donors (Lipinski definition) is 0. The van der Waals surface area contributed by atoms with Crippen molar-refractivity contribution in [2.75, 3.05) is 0 Å². The lowest BCUT2D eigenvalue weighted by molar-refractivity contribution is -0.110. The quantitative estimate of drug-likeness (QED) is 0.617. The van der Waals surface area contributed by atoms with Crippen LogP contribution in [0.4, 0.5) is 0 Å². The Balaban J connectivity index is 1.93. The molecule has 1 unspecified atom stereocenters. The summed E-state index contributed by atoms with van der Waals surface area (Å²) in [6, 6.07) is 0. The summed E-state index contributed by atoms with van der Waals surface area (Å²) < 4.78 is 0. The highest BCUT2D eigenvalue weighted by Crippen LogP contribution is 2.62. The molecule has 0 heterocycles. The Morgan fingerprint density at radius 2 is 1.80 bits per heavy atom. The first-order valence-electron chi connectivity index (χ1n) is 7.09. The van der Waals surface area contributed by atoms with E-state index < -0.39 is 0 Å². The van der Waals surface area contributed by atoms with Gasteiger partial charge in [0.05, 0.1) is 0 Å². The summed E-state index contributed by atoms with van der Waals surface area (Å²) in [5.41, 5.74) is 0.689.